The third kappa shape index (κ3) is 3.16. The molecular weight excluding hydrogens is 351 g/mol. The Morgan fingerprint density at radius 2 is 2.00 bits per heavy atom. The van der Waals surface area contributed by atoms with E-state index in [-0.39, 0.29) is 24.3 Å². The van der Waals surface area contributed by atoms with Crippen molar-refractivity contribution in [1.82, 2.24) is 14.7 Å². The second kappa shape index (κ2) is 6.15. The Hall–Kier alpha value is -2.84. The Morgan fingerprint density at radius 1 is 1.27 bits per heavy atom. The largest absolute Gasteiger partial charge is 0.481 e. The lowest BCUT2D eigenvalue weighted by Crippen LogP contribution is -2.34. The van der Waals surface area contributed by atoms with Crippen LogP contribution < -0.4 is 0 Å². The highest BCUT2D eigenvalue weighted by Crippen LogP contribution is 2.32. The summed E-state index contributed by atoms with van der Waals surface area (Å²) in [7, 11) is 0. The number of likely N-dealkylation sites (tertiary alicyclic amines) is 1. The van der Waals surface area contributed by atoms with E-state index in [2.05, 4.69) is 5.10 Å². The molecule has 9 heteroatoms. The molecular formula is C17H16F3N3O3. The van der Waals surface area contributed by atoms with Crippen LogP contribution in [-0.2, 0) is 11.0 Å². The summed E-state index contributed by atoms with van der Waals surface area (Å²) in [6.45, 7) is 1.90. The van der Waals surface area contributed by atoms with Crippen LogP contribution in [0, 0.1) is 5.41 Å². The molecule has 1 aromatic heterocycles. The molecule has 6 nitrogen and oxygen atoms in total. The van der Waals surface area contributed by atoms with E-state index in [1.54, 1.807) is 6.92 Å². The monoisotopic (exact) mass is 367 g/mol. The van der Waals surface area contributed by atoms with Crippen LogP contribution in [0.4, 0.5) is 13.2 Å². The number of aliphatic carboxylic acids is 1. The number of aromatic nitrogens is 2. The topological polar surface area (TPSA) is 75.4 Å². The molecule has 1 atom stereocenters. The first-order valence-corrected chi connectivity index (χ1v) is 7.86. The van der Waals surface area contributed by atoms with Gasteiger partial charge in [0.05, 0.1) is 17.3 Å². The molecule has 0 radical (unpaired) electrons. The normalized spacial score (nSPS) is 20.4. The van der Waals surface area contributed by atoms with Crippen LogP contribution >= 0.6 is 0 Å². The first kappa shape index (κ1) is 18.0. The van der Waals surface area contributed by atoms with Crippen molar-refractivity contribution in [2.24, 2.45) is 5.41 Å². The van der Waals surface area contributed by atoms with Crippen LogP contribution in [0.2, 0.25) is 0 Å². The minimum absolute atomic E-state index is 0.0565. The van der Waals surface area contributed by atoms with E-state index in [1.807, 2.05) is 0 Å². The molecule has 1 amide bonds. The van der Waals surface area contributed by atoms with Gasteiger partial charge in [-0.3, -0.25) is 9.59 Å². The van der Waals surface area contributed by atoms with Gasteiger partial charge in [-0.1, -0.05) is 6.07 Å². The average molecular weight is 367 g/mol. The predicted molar refractivity (Wildman–Crippen MR) is 84.8 cm³/mol. The number of carbonyl (C=O) groups excluding carboxylic acids is 1. The molecule has 1 N–H and O–H groups in total. The van der Waals surface area contributed by atoms with E-state index >= 15 is 0 Å². The highest BCUT2D eigenvalue weighted by molar-refractivity contribution is 5.95. The molecule has 2 aromatic rings. The summed E-state index contributed by atoms with van der Waals surface area (Å²) >= 11 is 0. The molecule has 1 saturated heterocycles. The Kier molecular flexibility index (Phi) is 4.25. The van der Waals surface area contributed by atoms with Crippen LogP contribution in [0.3, 0.4) is 0 Å². The number of rotatable bonds is 3. The summed E-state index contributed by atoms with van der Waals surface area (Å²) in [4.78, 5) is 25.4. The van der Waals surface area contributed by atoms with Crippen molar-refractivity contribution < 1.29 is 27.9 Å². The molecule has 0 bridgehead atoms. The zero-order valence-corrected chi connectivity index (χ0v) is 13.8. The van der Waals surface area contributed by atoms with Gasteiger partial charge in [-0.2, -0.15) is 18.3 Å². The van der Waals surface area contributed by atoms with Gasteiger partial charge in [0.2, 0.25) is 0 Å². The van der Waals surface area contributed by atoms with Gasteiger partial charge in [0.15, 0.2) is 0 Å². The Morgan fingerprint density at radius 3 is 2.62 bits per heavy atom. The third-order valence-corrected chi connectivity index (χ3v) is 4.55. The molecule has 1 aliphatic rings. The van der Waals surface area contributed by atoms with Gasteiger partial charge in [-0.05, 0) is 37.6 Å². The number of alkyl halides is 3. The van der Waals surface area contributed by atoms with Crippen molar-refractivity contribution in [2.75, 3.05) is 13.1 Å². The lowest BCUT2D eigenvalue weighted by molar-refractivity contribution is -0.147. The number of carbonyl (C=O) groups is 2. The molecule has 26 heavy (non-hydrogen) atoms. The van der Waals surface area contributed by atoms with E-state index in [1.165, 1.54) is 29.2 Å². The SMILES string of the molecule is CC1(C(=O)O)CCN(C(=O)c2cccc(-n3nccc3C(F)(F)F)c2)C1. The molecule has 2 heterocycles. The van der Waals surface area contributed by atoms with E-state index in [0.29, 0.717) is 6.42 Å². The van der Waals surface area contributed by atoms with Crippen LogP contribution in [0.15, 0.2) is 36.5 Å². The molecule has 0 aliphatic carbocycles. The highest BCUT2D eigenvalue weighted by atomic mass is 19.4. The quantitative estimate of drug-likeness (QED) is 0.905. The van der Waals surface area contributed by atoms with Crippen molar-refractivity contribution in [3.8, 4) is 5.69 Å². The highest BCUT2D eigenvalue weighted by Gasteiger charge is 2.42. The van der Waals surface area contributed by atoms with Gasteiger partial charge in [0.25, 0.3) is 5.91 Å². The van der Waals surface area contributed by atoms with Gasteiger partial charge < -0.3 is 10.0 Å². The number of amides is 1. The molecule has 0 spiro atoms. The Bertz CT molecular complexity index is 862. The predicted octanol–water partition coefficient (Wildman–Crippen LogP) is 2.83. The zero-order valence-electron chi connectivity index (χ0n) is 13.8. The summed E-state index contributed by atoms with van der Waals surface area (Å²) in [6.07, 6.45) is -3.21. The summed E-state index contributed by atoms with van der Waals surface area (Å²) in [5.74, 6) is -1.40. The van der Waals surface area contributed by atoms with Gasteiger partial charge >= 0.3 is 12.1 Å². The first-order chi connectivity index (χ1) is 12.1. The van der Waals surface area contributed by atoms with Crippen molar-refractivity contribution in [2.45, 2.75) is 19.5 Å². The lowest BCUT2D eigenvalue weighted by atomic mass is 9.90. The number of nitrogens with zero attached hydrogens (tertiary/aromatic N) is 3. The summed E-state index contributed by atoms with van der Waals surface area (Å²) in [5.41, 5.74) is -1.67. The molecule has 1 aromatic carbocycles. The lowest BCUT2D eigenvalue weighted by Gasteiger charge is -2.20. The maximum absolute atomic E-state index is 13.0. The summed E-state index contributed by atoms with van der Waals surface area (Å²) < 4.78 is 39.8. The number of halogens is 3. The minimum Gasteiger partial charge on any atom is -0.481 e. The molecule has 1 unspecified atom stereocenters. The van der Waals surface area contributed by atoms with E-state index in [9.17, 15) is 27.9 Å². The first-order valence-electron chi connectivity index (χ1n) is 7.86. The minimum atomic E-state index is -4.57. The number of hydrogen-bond acceptors (Lipinski definition) is 3. The van der Waals surface area contributed by atoms with Crippen LogP contribution in [0.1, 0.15) is 29.4 Å². The van der Waals surface area contributed by atoms with E-state index in [4.69, 9.17) is 0 Å². The fourth-order valence-electron chi connectivity index (χ4n) is 2.99. The van der Waals surface area contributed by atoms with Gasteiger partial charge in [0, 0.05) is 18.7 Å². The van der Waals surface area contributed by atoms with Crippen molar-refractivity contribution in [1.29, 1.82) is 0 Å². The Balaban J connectivity index is 1.88. The van der Waals surface area contributed by atoms with Gasteiger partial charge in [-0.15, -0.1) is 0 Å². The van der Waals surface area contributed by atoms with E-state index in [0.717, 1.165) is 16.9 Å². The summed E-state index contributed by atoms with van der Waals surface area (Å²) in [5, 5.41) is 13.0. The van der Waals surface area contributed by atoms with Gasteiger partial charge in [0.1, 0.15) is 5.69 Å². The van der Waals surface area contributed by atoms with Crippen molar-refractivity contribution >= 4 is 11.9 Å². The number of carboxylic acid groups (broad SMARTS) is 1. The number of benzene rings is 1. The van der Waals surface area contributed by atoms with Crippen molar-refractivity contribution in [3.05, 3.63) is 47.8 Å². The van der Waals surface area contributed by atoms with Crippen molar-refractivity contribution in [3.63, 3.8) is 0 Å². The molecule has 138 valence electrons. The number of hydrogen-bond donors (Lipinski definition) is 1. The van der Waals surface area contributed by atoms with Crippen LogP contribution in [-0.4, -0.2) is 44.8 Å². The van der Waals surface area contributed by atoms with Gasteiger partial charge in [-0.25, -0.2) is 4.68 Å². The zero-order chi connectivity index (χ0) is 19.1. The number of carboxylic acids is 1. The maximum Gasteiger partial charge on any atom is 0.433 e. The molecule has 1 aliphatic heterocycles. The third-order valence-electron chi connectivity index (χ3n) is 4.55. The second-order valence-corrected chi connectivity index (χ2v) is 6.52. The fraction of sp³-hybridized carbons (Fsp3) is 0.353. The maximum atomic E-state index is 13.0. The standard InChI is InChI=1S/C17H16F3N3O3/c1-16(15(25)26)6-8-22(10-16)14(24)11-3-2-4-12(9-11)23-13(5-7-21-23)17(18,19)20/h2-5,7,9H,6,8,10H2,1H3,(H,25,26). The second-order valence-electron chi connectivity index (χ2n) is 6.52. The molecule has 3 rings (SSSR count). The molecule has 0 saturated carbocycles. The fourth-order valence-corrected chi connectivity index (χ4v) is 2.99. The smallest absolute Gasteiger partial charge is 0.433 e. The molecule has 1 fully saturated rings. The Labute approximate surface area is 146 Å². The van der Waals surface area contributed by atoms with Crippen LogP contribution in [0.25, 0.3) is 5.69 Å². The average Bonchev–Trinajstić information content (AvgIpc) is 3.21. The van der Waals surface area contributed by atoms with E-state index < -0.39 is 29.2 Å². The van der Waals surface area contributed by atoms with Crippen LogP contribution in [0.5, 0.6) is 0 Å². The summed E-state index contributed by atoms with van der Waals surface area (Å²) in [6, 6.07) is 6.55.